The number of fused-ring (bicyclic) bond motifs is 2. The highest BCUT2D eigenvalue weighted by molar-refractivity contribution is 9.10. The molecule has 0 aliphatic carbocycles. The Morgan fingerprint density at radius 1 is 1.19 bits per heavy atom. The predicted molar refractivity (Wildman–Crippen MR) is 141 cm³/mol. The molecule has 0 aliphatic heterocycles. The van der Waals surface area contributed by atoms with Crippen LogP contribution < -0.4 is 10.3 Å². The van der Waals surface area contributed by atoms with Gasteiger partial charge in [-0.15, -0.1) is 0 Å². The van der Waals surface area contributed by atoms with Crippen LogP contribution in [-0.4, -0.2) is 33.1 Å². The molecule has 8 nitrogen and oxygen atoms in total. The van der Waals surface area contributed by atoms with Gasteiger partial charge in [0, 0.05) is 16.0 Å². The predicted octanol–water partition coefficient (Wildman–Crippen LogP) is 5.96. The largest absolute Gasteiger partial charge is 0.479 e. The molecule has 0 saturated carbocycles. The summed E-state index contributed by atoms with van der Waals surface area (Å²) in [5.74, 6) is -0.361. The second-order valence-electron chi connectivity index (χ2n) is 7.87. The van der Waals surface area contributed by atoms with Crippen molar-refractivity contribution >= 4 is 61.6 Å². The molecule has 2 aromatic heterocycles. The molecule has 0 aliphatic rings. The van der Waals surface area contributed by atoms with E-state index in [0.717, 1.165) is 10.1 Å². The molecule has 180 valence electrons. The molecule has 1 N–H and O–H groups in total. The van der Waals surface area contributed by atoms with Crippen LogP contribution >= 0.6 is 27.5 Å². The highest BCUT2D eigenvalue weighted by atomic mass is 79.9. The summed E-state index contributed by atoms with van der Waals surface area (Å²) in [7, 11) is 0. The first-order valence-corrected chi connectivity index (χ1v) is 11.9. The van der Waals surface area contributed by atoms with Crippen LogP contribution in [0.4, 0.5) is 0 Å². The maximum Gasteiger partial charge on any atom is 0.344 e. The maximum atomic E-state index is 13.5. The van der Waals surface area contributed by atoms with E-state index in [4.69, 9.17) is 20.8 Å². The van der Waals surface area contributed by atoms with E-state index in [1.54, 1.807) is 42.5 Å². The Labute approximate surface area is 217 Å². The van der Waals surface area contributed by atoms with Crippen LogP contribution in [0.25, 0.3) is 33.5 Å². The molecular formula is C26H17BrClN3O5. The first kappa shape index (κ1) is 23.8. The van der Waals surface area contributed by atoms with E-state index >= 15 is 0 Å². The summed E-state index contributed by atoms with van der Waals surface area (Å²) in [6.45, 7) is 1.40. The van der Waals surface area contributed by atoms with Crippen molar-refractivity contribution in [3.8, 4) is 17.3 Å². The lowest BCUT2D eigenvalue weighted by molar-refractivity contribution is -0.144. The number of hydrogen-bond donors (Lipinski definition) is 1. The zero-order valence-corrected chi connectivity index (χ0v) is 21.0. The van der Waals surface area contributed by atoms with Crippen LogP contribution in [0.15, 0.2) is 85.5 Å². The number of aliphatic carboxylic acids is 1. The number of hydrogen-bond acceptors (Lipinski definition) is 6. The standard InChI is InChI=1S/C26H17BrClN3O5/c1-14(26(33)34)35-23-16(10-17(28)12-19(23)27)13-29-31-24(22-11-15-6-2-5-9-21(15)36-22)30-20-8-4-3-7-18(20)25(31)32/h2-14H,1H3,(H,33,34)/t14-/m1/s1. The number of carboxylic acids is 1. The minimum atomic E-state index is -1.14. The van der Waals surface area contributed by atoms with E-state index < -0.39 is 17.6 Å². The number of aromatic nitrogens is 2. The Morgan fingerprint density at radius 3 is 2.72 bits per heavy atom. The van der Waals surface area contributed by atoms with Gasteiger partial charge in [-0.05, 0) is 59.3 Å². The van der Waals surface area contributed by atoms with Crippen molar-refractivity contribution in [2.45, 2.75) is 13.0 Å². The molecule has 2 heterocycles. The maximum absolute atomic E-state index is 13.5. The highest BCUT2D eigenvalue weighted by Crippen LogP contribution is 2.33. The third kappa shape index (κ3) is 4.50. The summed E-state index contributed by atoms with van der Waals surface area (Å²) >= 11 is 9.58. The van der Waals surface area contributed by atoms with Crippen LogP contribution in [0.5, 0.6) is 5.75 Å². The van der Waals surface area contributed by atoms with Gasteiger partial charge in [-0.3, -0.25) is 4.79 Å². The molecule has 0 amide bonds. The van der Waals surface area contributed by atoms with Crippen LogP contribution in [0, 0.1) is 0 Å². The molecule has 5 rings (SSSR count). The third-order valence-corrected chi connectivity index (χ3v) is 6.20. The number of ether oxygens (including phenoxy) is 1. The van der Waals surface area contributed by atoms with Gasteiger partial charge in [-0.2, -0.15) is 9.78 Å². The Balaban J connectivity index is 1.70. The summed E-state index contributed by atoms with van der Waals surface area (Å²) in [5.41, 5.74) is 1.09. The normalized spacial score (nSPS) is 12.4. The quantitative estimate of drug-likeness (QED) is 0.254. The molecule has 3 aromatic carbocycles. The van der Waals surface area contributed by atoms with E-state index in [2.05, 4.69) is 26.0 Å². The number of rotatable bonds is 6. The Morgan fingerprint density at radius 2 is 1.94 bits per heavy atom. The lowest BCUT2D eigenvalue weighted by atomic mass is 10.2. The van der Waals surface area contributed by atoms with Gasteiger partial charge in [0.25, 0.3) is 5.56 Å². The van der Waals surface area contributed by atoms with E-state index in [1.165, 1.54) is 13.1 Å². The van der Waals surface area contributed by atoms with Crippen molar-refractivity contribution in [1.82, 2.24) is 9.66 Å². The molecule has 0 unspecified atom stereocenters. The number of para-hydroxylation sites is 2. The van der Waals surface area contributed by atoms with E-state index in [9.17, 15) is 14.7 Å². The van der Waals surface area contributed by atoms with Gasteiger partial charge in [-0.25, -0.2) is 9.78 Å². The minimum Gasteiger partial charge on any atom is -0.479 e. The topological polar surface area (TPSA) is 107 Å². The van der Waals surface area contributed by atoms with Gasteiger partial charge in [0.05, 0.1) is 21.6 Å². The van der Waals surface area contributed by atoms with Crippen molar-refractivity contribution < 1.29 is 19.1 Å². The third-order valence-electron chi connectivity index (χ3n) is 5.39. The van der Waals surface area contributed by atoms with Crippen molar-refractivity contribution in [2.24, 2.45) is 5.10 Å². The SMILES string of the molecule is C[C@@H](Oc1c(Br)cc(Cl)cc1C=Nn1c(-c2cc3ccccc3o2)nc2ccccc2c1=O)C(=O)O. The number of halogens is 2. The molecule has 0 fully saturated rings. The zero-order chi connectivity index (χ0) is 25.4. The molecular weight excluding hydrogens is 550 g/mol. The number of carboxylic acid groups (broad SMARTS) is 1. The van der Waals surface area contributed by atoms with Crippen LogP contribution in [0.3, 0.4) is 0 Å². The summed E-state index contributed by atoms with van der Waals surface area (Å²) < 4.78 is 13.2. The van der Waals surface area contributed by atoms with Crippen LogP contribution in [0.1, 0.15) is 12.5 Å². The molecule has 1 atom stereocenters. The number of nitrogens with zero attached hydrogens (tertiary/aromatic N) is 3. The smallest absolute Gasteiger partial charge is 0.344 e. The first-order chi connectivity index (χ1) is 17.3. The monoisotopic (exact) mass is 565 g/mol. The second kappa shape index (κ2) is 9.60. The minimum absolute atomic E-state index is 0.202. The van der Waals surface area contributed by atoms with Crippen molar-refractivity contribution in [1.29, 1.82) is 0 Å². The Kier molecular flexibility index (Phi) is 6.34. The number of carbonyl (C=O) groups is 1. The fraction of sp³-hybridized carbons (Fsp3) is 0.0769. The molecule has 0 spiro atoms. The second-order valence-corrected chi connectivity index (χ2v) is 9.16. The molecule has 0 saturated heterocycles. The molecule has 36 heavy (non-hydrogen) atoms. The van der Waals surface area contributed by atoms with E-state index in [1.807, 2.05) is 24.3 Å². The van der Waals surface area contributed by atoms with Crippen LogP contribution in [-0.2, 0) is 4.79 Å². The molecule has 10 heteroatoms. The first-order valence-electron chi connectivity index (χ1n) is 10.8. The van der Waals surface area contributed by atoms with Gasteiger partial charge >= 0.3 is 5.97 Å². The van der Waals surface area contributed by atoms with Gasteiger partial charge in [-0.1, -0.05) is 41.9 Å². The lowest BCUT2D eigenvalue weighted by Crippen LogP contribution is -2.24. The highest BCUT2D eigenvalue weighted by Gasteiger charge is 2.19. The lowest BCUT2D eigenvalue weighted by Gasteiger charge is -2.15. The van der Waals surface area contributed by atoms with Crippen molar-refractivity contribution in [3.63, 3.8) is 0 Å². The van der Waals surface area contributed by atoms with Crippen LogP contribution in [0.2, 0.25) is 5.02 Å². The zero-order valence-electron chi connectivity index (χ0n) is 18.7. The summed E-state index contributed by atoms with van der Waals surface area (Å²) in [6.07, 6.45) is 0.232. The Hall–Kier alpha value is -3.95. The fourth-order valence-electron chi connectivity index (χ4n) is 3.63. The summed E-state index contributed by atoms with van der Waals surface area (Å²) in [4.78, 5) is 29.5. The molecule has 0 bridgehead atoms. The van der Waals surface area contributed by atoms with Gasteiger partial charge in [0.15, 0.2) is 11.9 Å². The summed E-state index contributed by atoms with van der Waals surface area (Å²) in [5, 5.41) is 15.3. The average molecular weight is 567 g/mol. The van der Waals surface area contributed by atoms with Gasteiger partial charge < -0.3 is 14.3 Å². The van der Waals surface area contributed by atoms with Gasteiger partial charge in [0.2, 0.25) is 5.82 Å². The summed E-state index contributed by atoms with van der Waals surface area (Å²) in [6, 6.07) is 19.3. The Bertz CT molecular complexity index is 1690. The molecule has 0 radical (unpaired) electrons. The van der Waals surface area contributed by atoms with Gasteiger partial charge in [0.1, 0.15) is 11.3 Å². The fourth-order valence-corrected chi connectivity index (χ4v) is 4.56. The number of benzene rings is 3. The van der Waals surface area contributed by atoms with Crippen molar-refractivity contribution in [3.05, 3.63) is 92.1 Å². The number of furan rings is 1. The molecule has 5 aromatic rings. The van der Waals surface area contributed by atoms with Crippen molar-refractivity contribution in [2.75, 3.05) is 0 Å². The average Bonchev–Trinajstić information content (AvgIpc) is 3.29. The van der Waals surface area contributed by atoms with E-state index in [0.29, 0.717) is 37.3 Å². The van der Waals surface area contributed by atoms with E-state index in [-0.39, 0.29) is 11.6 Å².